The molecule has 3 rings (SSSR count). The Morgan fingerprint density at radius 2 is 1.94 bits per heavy atom. The lowest BCUT2D eigenvalue weighted by Crippen LogP contribution is -2.06. The third-order valence-electron chi connectivity index (χ3n) is 3.36. The molecule has 2 aromatic carbocycles. The van der Waals surface area contributed by atoms with Crippen LogP contribution in [0.4, 0.5) is 0 Å². The van der Waals surface area contributed by atoms with Crippen LogP contribution in [0, 0.1) is 0 Å². The SMILES string of the molecule is ClC1CCCc2c1cc(Br)c1ccccc21. The molecule has 1 aliphatic carbocycles. The third-order valence-corrected chi connectivity index (χ3v) is 4.47. The lowest BCUT2D eigenvalue weighted by Gasteiger charge is -2.23. The number of hydrogen-bond acceptors (Lipinski definition) is 0. The van der Waals surface area contributed by atoms with Crippen LogP contribution in [0.2, 0.25) is 0 Å². The molecule has 0 heterocycles. The van der Waals surface area contributed by atoms with Gasteiger partial charge in [0.2, 0.25) is 0 Å². The Hall–Kier alpha value is -0.530. The molecule has 0 aromatic heterocycles. The molecule has 0 fully saturated rings. The van der Waals surface area contributed by atoms with E-state index in [1.54, 1.807) is 0 Å². The van der Waals surface area contributed by atoms with Crippen molar-refractivity contribution in [2.24, 2.45) is 0 Å². The number of halogens is 2. The summed E-state index contributed by atoms with van der Waals surface area (Å²) in [6.07, 6.45) is 3.46. The van der Waals surface area contributed by atoms with E-state index >= 15 is 0 Å². The summed E-state index contributed by atoms with van der Waals surface area (Å²) in [5, 5.41) is 2.84. The van der Waals surface area contributed by atoms with Gasteiger partial charge in [-0.05, 0) is 47.2 Å². The number of hydrogen-bond donors (Lipinski definition) is 0. The number of aryl methyl sites for hydroxylation is 1. The van der Waals surface area contributed by atoms with Crippen molar-refractivity contribution in [3.63, 3.8) is 0 Å². The van der Waals surface area contributed by atoms with Crippen LogP contribution >= 0.6 is 27.5 Å². The van der Waals surface area contributed by atoms with Gasteiger partial charge in [0.25, 0.3) is 0 Å². The van der Waals surface area contributed by atoms with E-state index in [1.807, 2.05) is 0 Å². The Labute approximate surface area is 109 Å². The van der Waals surface area contributed by atoms with Gasteiger partial charge in [0, 0.05) is 4.47 Å². The molecule has 2 heteroatoms. The smallest absolute Gasteiger partial charge is 0.0588 e. The maximum Gasteiger partial charge on any atom is 0.0588 e. The molecule has 1 unspecified atom stereocenters. The zero-order valence-electron chi connectivity index (χ0n) is 8.84. The summed E-state index contributed by atoms with van der Waals surface area (Å²) in [6, 6.07) is 10.8. The van der Waals surface area contributed by atoms with Gasteiger partial charge in [0.15, 0.2) is 0 Å². The summed E-state index contributed by atoms with van der Waals surface area (Å²) in [6.45, 7) is 0. The normalized spacial score (nSPS) is 19.8. The topological polar surface area (TPSA) is 0 Å². The Morgan fingerprint density at radius 3 is 2.75 bits per heavy atom. The van der Waals surface area contributed by atoms with Crippen molar-refractivity contribution < 1.29 is 0 Å². The zero-order chi connectivity index (χ0) is 11.1. The van der Waals surface area contributed by atoms with E-state index in [0.29, 0.717) is 0 Å². The molecule has 1 atom stereocenters. The molecule has 0 bridgehead atoms. The zero-order valence-corrected chi connectivity index (χ0v) is 11.2. The van der Waals surface area contributed by atoms with E-state index in [9.17, 15) is 0 Å². The molecule has 0 saturated carbocycles. The van der Waals surface area contributed by atoms with Crippen molar-refractivity contribution in [3.05, 3.63) is 45.9 Å². The highest BCUT2D eigenvalue weighted by atomic mass is 79.9. The minimum absolute atomic E-state index is 0.185. The summed E-state index contributed by atoms with van der Waals surface area (Å²) < 4.78 is 1.16. The monoisotopic (exact) mass is 294 g/mol. The highest BCUT2D eigenvalue weighted by Gasteiger charge is 2.20. The molecule has 0 aliphatic heterocycles. The second kappa shape index (κ2) is 4.05. The van der Waals surface area contributed by atoms with Crippen LogP contribution in [0.15, 0.2) is 34.8 Å². The van der Waals surface area contributed by atoms with Gasteiger partial charge in [-0.25, -0.2) is 0 Å². The molecule has 16 heavy (non-hydrogen) atoms. The van der Waals surface area contributed by atoms with Gasteiger partial charge in [-0.3, -0.25) is 0 Å². The van der Waals surface area contributed by atoms with E-state index in [-0.39, 0.29) is 5.38 Å². The van der Waals surface area contributed by atoms with Gasteiger partial charge in [0.05, 0.1) is 5.38 Å². The van der Waals surface area contributed by atoms with Gasteiger partial charge in [0.1, 0.15) is 0 Å². The van der Waals surface area contributed by atoms with Gasteiger partial charge in [-0.15, -0.1) is 11.6 Å². The minimum Gasteiger partial charge on any atom is -0.118 e. The molecule has 0 N–H and O–H groups in total. The first-order chi connectivity index (χ1) is 7.77. The first-order valence-electron chi connectivity index (χ1n) is 5.61. The molecule has 0 radical (unpaired) electrons. The summed E-state index contributed by atoms with van der Waals surface area (Å²) in [7, 11) is 0. The first-order valence-corrected chi connectivity index (χ1v) is 6.84. The fourth-order valence-electron chi connectivity index (χ4n) is 2.58. The Morgan fingerprint density at radius 1 is 1.19 bits per heavy atom. The Bertz CT molecular complexity index is 548. The summed E-state index contributed by atoms with van der Waals surface area (Å²) in [5.41, 5.74) is 2.77. The van der Waals surface area contributed by atoms with Gasteiger partial charge in [-0.2, -0.15) is 0 Å². The van der Waals surface area contributed by atoms with Crippen molar-refractivity contribution in [1.29, 1.82) is 0 Å². The van der Waals surface area contributed by atoms with Crippen molar-refractivity contribution in [3.8, 4) is 0 Å². The minimum atomic E-state index is 0.185. The number of benzene rings is 2. The number of alkyl halides is 1. The van der Waals surface area contributed by atoms with Gasteiger partial charge >= 0.3 is 0 Å². The fourth-order valence-corrected chi connectivity index (χ4v) is 3.52. The van der Waals surface area contributed by atoms with Gasteiger partial charge < -0.3 is 0 Å². The molecular weight excluding hydrogens is 284 g/mol. The fraction of sp³-hybridized carbons (Fsp3) is 0.286. The Kier molecular flexibility index (Phi) is 2.68. The molecule has 82 valence electrons. The standard InChI is InChI=1S/C14H12BrCl/c15-13-8-12-10(6-3-7-14(12)16)9-4-1-2-5-11(9)13/h1-2,4-5,8,14H,3,6-7H2. The van der Waals surface area contributed by atoms with E-state index in [2.05, 4.69) is 46.3 Å². The van der Waals surface area contributed by atoms with Crippen molar-refractivity contribution in [2.45, 2.75) is 24.6 Å². The second-order valence-corrected chi connectivity index (χ2v) is 5.71. The highest BCUT2D eigenvalue weighted by molar-refractivity contribution is 9.10. The second-order valence-electron chi connectivity index (χ2n) is 4.33. The molecule has 0 spiro atoms. The van der Waals surface area contributed by atoms with Crippen LogP contribution < -0.4 is 0 Å². The summed E-state index contributed by atoms with van der Waals surface area (Å²) in [5.74, 6) is 0. The van der Waals surface area contributed by atoms with Crippen LogP contribution in [0.25, 0.3) is 10.8 Å². The van der Waals surface area contributed by atoms with E-state index in [4.69, 9.17) is 11.6 Å². The molecular formula is C14H12BrCl. The number of rotatable bonds is 0. The average Bonchev–Trinajstić information content (AvgIpc) is 2.31. The van der Waals surface area contributed by atoms with Crippen molar-refractivity contribution >= 4 is 38.3 Å². The Balaban J connectivity index is 2.38. The van der Waals surface area contributed by atoms with Crippen molar-refractivity contribution in [2.75, 3.05) is 0 Å². The van der Waals surface area contributed by atoms with Crippen LogP contribution in [0.5, 0.6) is 0 Å². The van der Waals surface area contributed by atoms with Crippen molar-refractivity contribution in [1.82, 2.24) is 0 Å². The molecule has 0 amide bonds. The van der Waals surface area contributed by atoms with Crippen LogP contribution in [0.1, 0.15) is 29.3 Å². The lowest BCUT2D eigenvalue weighted by molar-refractivity contribution is 0.671. The summed E-state index contributed by atoms with van der Waals surface area (Å²) in [4.78, 5) is 0. The van der Waals surface area contributed by atoms with E-state index in [0.717, 1.165) is 17.3 Å². The average molecular weight is 296 g/mol. The van der Waals surface area contributed by atoms with Crippen LogP contribution in [-0.4, -0.2) is 0 Å². The highest BCUT2D eigenvalue weighted by Crippen LogP contribution is 2.40. The third kappa shape index (κ3) is 1.57. The molecule has 0 nitrogen and oxygen atoms in total. The predicted octanol–water partition coefficient (Wildman–Crippen LogP) is 5.22. The molecule has 1 aliphatic rings. The maximum absolute atomic E-state index is 6.40. The predicted molar refractivity (Wildman–Crippen MR) is 73.2 cm³/mol. The molecule has 0 saturated heterocycles. The van der Waals surface area contributed by atoms with E-state index in [1.165, 1.54) is 28.3 Å². The first kappa shape index (κ1) is 10.6. The quantitative estimate of drug-likeness (QED) is 0.585. The van der Waals surface area contributed by atoms with Gasteiger partial charge in [-0.1, -0.05) is 40.2 Å². The number of fused-ring (bicyclic) bond motifs is 3. The lowest BCUT2D eigenvalue weighted by atomic mass is 9.87. The van der Waals surface area contributed by atoms with E-state index < -0.39 is 0 Å². The largest absolute Gasteiger partial charge is 0.118 e. The summed E-state index contributed by atoms with van der Waals surface area (Å²) >= 11 is 10.0. The molecule has 2 aromatic rings. The van der Waals surface area contributed by atoms with Crippen LogP contribution in [-0.2, 0) is 6.42 Å². The maximum atomic E-state index is 6.40. The van der Waals surface area contributed by atoms with Crippen LogP contribution in [0.3, 0.4) is 0 Å².